The zero-order chi connectivity index (χ0) is 39.8. The second-order valence-corrected chi connectivity index (χ2v) is 15.3. The van der Waals surface area contributed by atoms with Gasteiger partial charge in [-0.1, -0.05) is 188 Å². The van der Waals surface area contributed by atoms with Crippen molar-refractivity contribution in [3.63, 3.8) is 0 Å². The Hall–Kier alpha value is -7.94. The highest BCUT2D eigenvalue weighted by molar-refractivity contribution is 6.06. The number of rotatable bonds is 8. The summed E-state index contributed by atoms with van der Waals surface area (Å²) in [5.74, 6) is 0. The van der Waals surface area contributed by atoms with E-state index in [1.807, 2.05) is 12.1 Å². The predicted molar refractivity (Wildman–Crippen MR) is 253 cm³/mol. The van der Waals surface area contributed by atoms with Crippen molar-refractivity contribution in [2.75, 3.05) is 4.90 Å². The van der Waals surface area contributed by atoms with Crippen LogP contribution in [0.5, 0.6) is 0 Å². The molecular weight excluding hydrogens is 727 g/mol. The Labute approximate surface area is 349 Å². The molecule has 0 saturated carbocycles. The molecule has 10 aromatic carbocycles. The fourth-order valence-corrected chi connectivity index (χ4v) is 8.67. The standard InChI is InChI=1S/C58H39NO/c1-3-13-40(14-4-1)41-25-27-42(28-26-41)43-29-33-49(34-30-43)59(50-20-11-19-46(37-50)47-32-36-58-55(38-47)54-22-9-10-24-57(54)60-58)56-39-48(31-35-53(56)45-15-5-2-6-16-45)52-23-12-18-44-17-7-8-21-51(44)52/h1-39H. The minimum atomic E-state index is 0.894. The molecule has 0 fully saturated rings. The van der Waals surface area contributed by atoms with Gasteiger partial charge in [-0.2, -0.15) is 0 Å². The van der Waals surface area contributed by atoms with Crippen LogP contribution < -0.4 is 4.90 Å². The maximum absolute atomic E-state index is 6.21. The Balaban J connectivity index is 1.08. The van der Waals surface area contributed by atoms with E-state index in [-0.39, 0.29) is 0 Å². The third-order valence-electron chi connectivity index (χ3n) is 11.7. The first-order chi connectivity index (χ1) is 29.7. The van der Waals surface area contributed by atoms with Crippen molar-refractivity contribution < 1.29 is 4.42 Å². The minimum absolute atomic E-state index is 0.894. The fourth-order valence-electron chi connectivity index (χ4n) is 8.67. The third-order valence-corrected chi connectivity index (χ3v) is 11.7. The monoisotopic (exact) mass is 765 g/mol. The SMILES string of the molecule is c1ccc(-c2ccc(-c3ccc(N(c4cccc(-c5ccc6oc7ccccc7c6c5)c4)c4cc(-c5cccc6ccccc56)ccc4-c4ccccc4)cc3)cc2)cc1. The number of hydrogen-bond acceptors (Lipinski definition) is 2. The van der Waals surface area contributed by atoms with E-state index in [4.69, 9.17) is 4.42 Å². The molecule has 0 N–H and O–H groups in total. The molecule has 2 heteroatoms. The van der Waals surface area contributed by atoms with E-state index in [2.05, 4.69) is 229 Å². The summed E-state index contributed by atoms with van der Waals surface area (Å²) in [7, 11) is 0. The Morgan fingerprint density at radius 1 is 0.267 bits per heavy atom. The van der Waals surface area contributed by atoms with E-state index >= 15 is 0 Å². The second kappa shape index (κ2) is 15.1. The maximum atomic E-state index is 6.21. The summed E-state index contributed by atoms with van der Waals surface area (Å²) < 4.78 is 6.21. The van der Waals surface area contributed by atoms with Gasteiger partial charge >= 0.3 is 0 Å². The van der Waals surface area contributed by atoms with Gasteiger partial charge in [0.2, 0.25) is 0 Å². The molecule has 0 spiro atoms. The summed E-state index contributed by atoms with van der Waals surface area (Å²) in [5.41, 5.74) is 16.7. The molecule has 1 heterocycles. The molecule has 0 unspecified atom stereocenters. The fraction of sp³-hybridized carbons (Fsp3) is 0. The first-order valence-corrected chi connectivity index (χ1v) is 20.5. The van der Waals surface area contributed by atoms with Gasteiger partial charge in [0, 0.05) is 27.7 Å². The molecule has 0 amide bonds. The van der Waals surface area contributed by atoms with Crippen LogP contribution in [0.3, 0.4) is 0 Å². The number of anilines is 3. The van der Waals surface area contributed by atoms with Crippen LogP contribution in [0.1, 0.15) is 0 Å². The third kappa shape index (κ3) is 6.51. The second-order valence-electron chi connectivity index (χ2n) is 15.3. The van der Waals surface area contributed by atoms with Gasteiger partial charge in [0.05, 0.1) is 5.69 Å². The van der Waals surface area contributed by atoms with Gasteiger partial charge in [-0.05, 0) is 109 Å². The number of hydrogen-bond donors (Lipinski definition) is 0. The summed E-state index contributed by atoms with van der Waals surface area (Å²) in [4.78, 5) is 2.43. The molecule has 0 aliphatic carbocycles. The Morgan fingerprint density at radius 2 is 0.800 bits per heavy atom. The first kappa shape index (κ1) is 35.2. The molecular formula is C58H39NO. The first-order valence-electron chi connectivity index (χ1n) is 20.5. The van der Waals surface area contributed by atoms with Crippen LogP contribution in [-0.4, -0.2) is 0 Å². The zero-order valence-corrected chi connectivity index (χ0v) is 32.9. The molecule has 0 aliphatic rings. The van der Waals surface area contributed by atoms with E-state index in [1.165, 1.54) is 38.6 Å². The zero-order valence-electron chi connectivity index (χ0n) is 32.9. The summed E-state index contributed by atoms with van der Waals surface area (Å²) >= 11 is 0. The van der Waals surface area contributed by atoms with Crippen molar-refractivity contribution in [3.05, 3.63) is 237 Å². The molecule has 11 rings (SSSR count). The lowest BCUT2D eigenvalue weighted by Gasteiger charge is -2.29. The van der Waals surface area contributed by atoms with Crippen molar-refractivity contribution in [1.29, 1.82) is 0 Å². The van der Waals surface area contributed by atoms with E-state index < -0.39 is 0 Å². The van der Waals surface area contributed by atoms with Gasteiger partial charge in [0.1, 0.15) is 11.2 Å². The molecule has 60 heavy (non-hydrogen) atoms. The molecule has 0 atom stereocenters. The van der Waals surface area contributed by atoms with Crippen LogP contribution in [0, 0.1) is 0 Å². The minimum Gasteiger partial charge on any atom is -0.456 e. The van der Waals surface area contributed by atoms with Gasteiger partial charge in [-0.3, -0.25) is 0 Å². The Kier molecular flexibility index (Phi) is 8.87. The lowest BCUT2D eigenvalue weighted by atomic mass is 9.93. The Morgan fingerprint density at radius 3 is 1.57 bits per heavy atom. The average molecular weight is 766 g/mol. The maximum Gasteiger partial charge on any atom is 0.135 e. The van der Waals surface area contributed by atoms with E-state index in [9.17, 15) is 0 Å². The van der Waals surface area contributed by atoms with Gasteiger partial charge in [-0.15, -0.1) is 0 Å². The van der Waals surface area contributed by atoms with E-state index in [0.717, 1.165) is 66.8 Å². The lowest BCUT2D eigenvalue weighted by molar-refractivity contribution is 0.669. The van der Waals surface area contributed by atoms with E-state index in [1.54, 1.807) is 0 Å². The van der Waals surface area contributed by atoms with Crippen LogP contribution in [0.25, 0.3) is 88.3 Å². The number of para-hydroxylation sites is 1. The predicted octanol–water partition coefficient (Wildman–Crippen LogP) is 16.5. The Bertz CT molecular complexity index is 3290. The number of nitrogens with zero attached hydrogens (tertiary/aromatic N) is 1. The molecule has 1 aromatic heterocycles. The smallest absolute Gasteiger partial charge is 0.135 e. The van der Waals surface area contributed by atoms with Gasteiger partial charge in [0.25, 0.3) is 0 Å². The van der Waals surface area contributed by atoms with Crippen LogP contribution in [-0.2, 0) is 0 Å². The van der Waals surface area contributed by atoms with Crippen molar-refractivity contribution in [3.8, 4) is 55.6 Å². The summed E-state index contributed by atoms with van der Waals surface area (Å²) in [6, 6.07) is 85.1. The van der Waals surface area contributed by atoms with Crippen LogP contribution >= 0.6 is 0 Å². The lowest BCUT2D eigenvalue weighted by Crippen LogP contribution is -2.11. The van der Waals surface area contributed by atoms with Crippen molar-refractivity contribution in [1.82, 2.24) is 0 Å². The largest absolute Gasteiger partial charge is 0.456 e. The van der Waals surface area contributed by atoms with Crippen LogP contribution in [0.4, 0.5) is 17.1 Å². The van der Waals surface area contributed by atoms with E-state index in [0.29, 0.717) is 0 Å². The highest BCUT2D eigenvalue weighted by Gasteiger charge is 2.20. The van der Waals surface area contributed by atoms with Gasteiger partial charge in [0.15, 0.2) is 0 Å². The normalized spacial score (nSPS) is 11.3. The number of benzene rings is 10. The van der Waals surface area contributed by atoms with Crippen LogP contribution in [0.2, 0.25) is 0 Å². The average Bonchev–Trinajstić information content (AvgIpc) is 3.70. The molecule has 0 bridgehead atoms. The summed E-state index contributed by atoms with van der Waals surface area (Å²) in [6.45, 7) is 0. The quantitative estimate of drug-likeness (QED) is 0.153. The molecule has 0 aliphatic heterocycles. The molecule has 282 valence electrons. The highest BCUT2D eigenvalue weighted by atomic mass is 16.3. The topological polar surface area (TPSA) is 16.4 Å². The van der Waals surface area contributed by atoms with Crippen LogP contribution in [0.15, 0.2) is 241 Å². The molecule has 0 saturated heterocycles. The highest BCUT2D eigenvalue weighted by Crippen LogP contribution is 2.45. The summed E-state index contributed by atoms with van der Waals surface area (Å²) in [5, 5.41) is 4.70. The molecule has 0 radical (unpaired) electrons. The molecule has 11 aromatic rings. The van der Waals surface area contributed by atoms with Crippen molar-refractivity contribution >= 4 is 49.8 Å². The van der Waals surface area contributed by atoms with Gasteiger partial charge in [-0.25, -0.2) is 0 Å². The number of fused-ring (bicyclic) bond motifs is 4. The molecule has 2 nitrogen and oxygen atoms in total. The summed E-state index contributed by atoms with van der Waals surface area (Å²) in [6.07, 6.45) is 0. The van der Waals surface area contributed by atoms with Gasteiger partial charge < -0.3 is 9.32 Å². The van der Waals surface area contributed by atoms with Crippen molar-refractivity contribution in [2.45, 2.75) is 0 Å². The van der Waals surface area contributed by atoms with Crippen molar-refractivity contribution in [2.24, 2.45) is 0 Å². The number of furan rings is 1.